The summed E-state index contributed by atoms with van der Waals surface area (Å²) in [6.45, 7) is 1.04. The number of amides is 2. The summed E-state index contributed by atoms with van der Waals surface area (Å²) in [5, 5.41) is 14.1. The molecule has 0 aliphatic carbocycles. The molecular formula is C21H20ClN3O7. The first-order valence-corrected chi connectivity index (χ1v) is 9.93. The Balaban J connectivity index is 1.59. The van der Waals surface area contributed by atoms with E-state index in [0.29, 0.717) is 27.7 Å². The molecule has 1 aliphatic rings. The number of benzene rings is 2. The third kappa shape index (κ3) is 5.14. The van der Waals surface area contributed by atoms with Gasteiger partial charge in [-0.05, 0) is 31.2 Å². The van der Waals surface area contributed by atoms with Crippen molar-refractivity contribution in [3.8, 4) is 5.75 Å². The van der Waals surface area contributed by atoms with E-state index in [1.54, 1.807) is 31.2 Å². The number of carbonyl (C=O) groups is 3. The normalized spacial score (nSPS) is 15.4. The number of methoxy groups -OCH3 is 1. The molecule has 0 spiro atoms. The molecule has 1 saturated heterocycles. The Bertz CT molecular complexity index is 1090. The van der Waals surface area contributed by atoms with Crippen LogP contribution in [0.25, 0.3) is 0 Å². The zero-order chi connectivity index (χ0) is 23.4. The van der Waals surface area contributed by atoms with Gasteiger partial charge in [-0.1, -0.05) is 17.7 Å². The summed E-state index contributed by atoms with van der Waals surface area (Å²) >= 11 is 5.92. The molecule has 1 N–H and O–H groups in total. The minimum Gasteiger partial charge on any atom is -0.495 e. The summed E-state index contributed by atoms with van der Waals surface area (Å²) in [6, 6.07) is 9.10. The lowest BCUT2D eigenvalue weighted by molar-refractivity contribution is -0.385. The van der Waals surface area contributed by atoms with Crippen LogP contribution in [0.1, 0.15) is 12.0 Å². The molecule has 3 rings (SSSR count). The first-order valence-electron chi connectivity index (χ1n) is 9.55. The second kappa shape index (κ2) is 9.65. The Morgan fingerprint density at radius 2 is 2.03 bits per heavy atom. The maximum Gasteiger partial charge on any atom is 0.311 e. The van der Waals surface area contributed by atoms with Crippen molar-refractivity contribution in [2.75, 3.05) is 30.5 Å². The van der Waals surface area contributed by atoms with Crippen molar-refractivity contribution in [1.82, 2.24) is 0 Å². The number of anilines is 2. The molecule has 1 fully saturated rings. The first kappa shape index (κ1) is 23.0. The Labute approximate surface area is 188 Å². The Hall–Kier alpha value is -3.66. The first-order chi connectivity index (χ1) is 15.2. The summed E-state index contributed by atoms with van der Waals surface area (Å²) in [5.74, 6) is -2.09. The van der Waals surface area contributed by atoms with Crippen LogP contribution in [-0.4, -0.2) is 43.0 Å². The van der Waals surface area contributed by atoms with E-state index in [0.717, 1.165) is 0 Å². The van der Waals surface area contributed by atoms with Gasteiger partial charge in [0.05, 0.1) is 29.3 Å². The van der Waals surface area contributed by atoms with Crippen LogP contribution >= 0.6 is 11.6 Å². The van der Waals surface area contributed by atoms with Crippen molar-refractivity contribution in [1.29, 1.82) is 0 Å². The largest absolute Gasteiger partial charge is 0.495 e. The molecule has 2 aromatic rings. The zero-order valence-electron chi connectivity index (χ0n) is 17.3. The van der Waals surface area contributed by atoms with Crippen LogP contribution in [0.5, 0.6) is 5.75 Å². The van der Waals surface area contributed by atoms with Crippen molar-refractivity contribution in [3.05, 3.63) is 57.1 Å². The van der Waals surface area contributed by atoms with Gasteiger partial charge in [0.1, 0.15) is 5.75 Å². The van der Waals surface area contributed by atoms with Gasteiger partial charge in [-0.25, -0.2) is 0 Å². The number of hydrogen-bond acceptors (Lipinski definition) is 7. The highest BCUT2D eigenvalue weighted by Crippen LogP contribution is 2.30. The summed E-state index contributed by atoms with van der Waals surface area (Å²) in [5.41, 5.74) is 0.996. The third-order valence-corrected chi connectivity index (χ3v) is 5.18. The van der Waals surface area contributed by atoms with Gasteiger partial charge in [0.2, 0.25) is 5.91 Å². The fourth-order valence-corrected chi connectivity index (χ4v) is 3.47. The molecule has 168 valence electrons. The van der Waals surface area contributed by atoms with Gasteiger partial charge in [-0.2, -0.15) is 0 Å². The molecule has 2 aromatic carbocycles. The predicted molar refractivity (Wildman–Crippen MR) is 116 cm³/mol. The van der Waals surface area contributed by atoms with E-state index in [4.69, 9.17) is 21.1 Å². The van der Waals surface area contributed by atoms with Crippen molar-refractivity contribution in [2.24, 2.45) is 5.92 Å². The minimum absolute atomic E-state index is 0.00160. The maximum absolute atomic E-state index is 12.4. The van der Waals surface area contributed by atoms with Crippen LogP contribution in [0.4, 0.5) is 17.1 Å². The Morgan fingerprint density at radius 3 is 2.72 bits per heavy atom. The van der Waals surface area contributed by atoms with Crippen molar-refractivity contribution in [3.63, 3.8) is 0 Å². The molecule has 32 heavy (non-hydrogen) atoms. The third-order valence-electron chi connectivity index (χ3n) is 4.94. The van der Waals surface area contributed by atoms with E-state index in [-0.39, 0.29) is 24.6 Å². The SMILES string of the molecule is COc1ccc(Cl)cc1NC(=O)COC(=O)[C@@H]1CC(=O)N(c2ccc(C)c([N+](=O)[O-])c2)C1. The quantitative estimate of drug-likeness (QED) is 0.381. The van der Waals surface area contributed by atoms with Gasteiger partial charge < -0.3 is 19.7 Å². The fourth-order valence-electron chi connectivity index (χ4n) is 3.30. The summed E-state index contributed by atoms with van der Waals surface area (Å²) < 4.78 is 10.2. The van der Waals surface area contributed by atoms with Crippen LogP contribution in [0, 0.1) is 23.0 Å². The highest BCUT2D eigenvalue weighted by atomic mass is 35.5. The predicted octanol–water partition coefficient (Wildman–Crippen LogP) is 3.10. The number of nitrogens with one attached hydrogen (secondary N) is 1. The number of nitrogens with zero attached hydrogens (tertiary/aromatic N) is 2. The fraction of sp³-hybridized carbons (Fsp3) is 0.286. The van der Waals surface area contributed by atoms with E-state index in [2.05, 4.69) is 5.32 Å². The van der Waals surface area contributed by atoms with Gasteiger partial charge in [0.15, 0.2) is 6.61 Å². The minimum atomic E-state index is -0.795. The number of halogens is 1. The van der Waals surface area contributed by atoms with Gasteiger partial charge in [0, 0.05) is 29.6 Å². The van der Waals surface area contributed by atoms with Crippen LogP contribution in [-0.2, 0) is 19.1 Å². The topological polar surface area (TPSA) is 128 Å². The smallest absolute Gasteiger partial charge is 0.311 e. The van der Waals surface area contributed by atoms with Crippen molar-refractivity contribution < 1.29 is 28.8 Å². The summed E-state index contributed by atoms with van der Waals surface area (Å²) in [6.07, 6.45) is -0.121. The van der Waals surface area contributed by atoms with Gasteiger partial charge in [0.25, 0.3) is 11.6 Å². The summed E-state index contributed by atoms with van der Waals surface area (Å²) in [4.78, 5) is 48.9. The van der Waals surface area contributed by atoms with Gasteiger partial charge >= 0.3 is 5.97 Å². The number of nitro groups is 1. The number of rotatable bonds is 7. The average molecular weight is 462 g/mol. The molecule has 0 radical (unpaired) electrons. The molecule has 2 amide bonds. The number of aryl methyl sites for hydroxylation is 1. The van der Waals surface area contributed by atoms with Gasteiger partial charge in [-0.15, -0.1) is 0 Å². The second-order valence-corrected chi connectivity index (χ2v) is 7.57. The lowest BCUT2D eigenvalue weighted by Gasteiger charge is -2.17. The van der Waals surface area contributed by atoms with Crippen molar-refractivity contribution >= 4 is 46.4 Å². The molecule has 1 heterocycles. The number of nitro benzene ring substituents is 1. The lowest BCUT2D eigenvalue weighted by atomic mass is 10.1. The van der Waals surface area contributed by atoms with E-state index in [1.807, 2.05) is 0 Å². The van der Waals surface area contributed by atoms with Crippen LogP contribution in [0.2, 0.25) is 5.02 Å². The molecule has 1 aliphatic heterocycles. The highest BCUT2D eigenvalue weighted by molar-refractivity contribution is 6.31. The van der Waals surface area contributed by atoms with E-state index >= 15 is 0 Å². The van der Waals surface area contributed by atoms with Crippen LogP contribution in [0.3, 0.4) is 0 Å². The summed E-state index contributed by atoms with van der Waals surface area (Å²) in [7, 11) is 1.43. The van der Waals surface area contributed by atoms with Crippen molar-refractivity contribution in [2.45, 2.75) is 13.3 Å². The number of hydrogen-bond donors (Lipinski definition) is 1. The van der Waals surface area contributed by atoms with Gasteiger partial charge in [-0.3, -0.25) is 24.5 Å². The lowest BCUT2D eigenvalue weighted by Crippen LogP contribution is -2.28. The number of esters is 1. The molecule has 0 saturated carbocycles. The van der Waals surface area contributed by atoms with E-state index in [9.17, 15) is 24.5 Å². The number of ether oxygens (including phenoxy) is 2. The van der Waals surface area contributed by atoms with Crippen LogP contribution in [0.15, 0.2) is 36.4 Å². The molecule has 10 nitrogen and oxygen atoms in total. The molecule has 0 aromatic heterocycles. The maximum atomic E-state index is 12.4. The molecular weight excluding hydrogens is 442 g/mol. The molecule has 0 unspecified atom stereocenters. The van der Waals surface area contributed by atoms with E-state index in [1.165, 1.54) is 24.1 Å². The Morgan fingerprint density at radius 1 is 1.28 bits per heavy atom. The molecule has 0 bridgehead atoms. The van der Waals surface area contributed by atoms with Crippen LogP contribution < -0.4 is 15.0 Å². The second-order valence-electron chi connectivity index (χ2n) is 7.13. The zero-order valence-corrected chi connectivity index (χ0v) is 18.0. The molecule has 1 atom stereocenters. The Kier molecular flexibility index (Phi) is 6.94. The average Bonchev–Trinajstić information content (AvgIpc) is 3.14. The number of carbonyl (C=O) groups excluding carboxylic acids is 3. The standard InChI is InChI=1S/C21H20ClN3O7/c1-12-3-5-15(9-17(12)25(29)30)24-10-13(7-20(24)27)21(28)32-11-19(26)23-16-8-14(22)4-6-18(16)31-2/h3-6,8-9,13H,7,10-11H2,1-2H3,(H,23,26)/t13-/m1/s1. The highest BCUT2D eigenvalue weighted by Gasteiger charge is 2.37. The monoisotopic (exact) mass is 461 g/mol. The molecule has 11 heteroatoms. The van der Waals surface area contributed by atoms with E-state index < -0.39 is 29.3 Å².